The Labute approximate surface area is 120 Å². The van der Waals surface area contributed by atoms with Gasteiger partial charge in [0.25, 0.3) is 0 Å². The molecule has 6 heteroatoms. The van der Waals surface area contributed by atoms with Crippen LogP contribution in [-0.2, 0) is 4.79 Å². The van der Waals surface area contributed by atoms with Crippen LogP contribution in [-0.4, -0.2) is 52.3 Å². The van der Waals surface area contributed by atoms with E-state index in [1.165, 1.54) is 0 Å². The van der Waals surface area contributed by atoms with Crippen LogP contribution in [0.3, 0.4) is 0 Å². The molecule has 1 saturated carbocycles. The summed E-state index contributed by atoms with van der Waals surface area (Å²) in [4.78, 5) is 25.1. The summed E-state index contributed by atoms with van der Waals surface area (Å²) in [6.45, 7) is 3.86. The molecule has 116 valence electrons. The minimum absolute atomic E-state index is 0.106. The number of hydrogen-bond acceptors (Lipinski definition) is 3. The van der Waals surface area contributed by atoms with Crippen molar-refractivity contribution in [3.63, 3.8) is 0 Å². The topological polar surface area (TPSA) is 89.9 Å². The maximum atomic E-state index is 12.3. The summed E-state index contributed by atoms with van der Waals surface area (Å²) in [5.41, 5.74) is 0. The third-order valence-electron chi connectivity index (χ3n) is 4.13. The van der Waals surface area contributed by atoms with Crippen molar-refractivity contribution in [1.82, 2.24) is 10.2 Å². The van der Waals surface area contributed by atoms with E-state index in [1.807, 2.05) is 13.8 Å². The van der Waals surface area contributed by atoms with Gasteiger partial charge < -0.3 is 20.4 Å². The smallest absolute Gasteiger partial charge is 0.326 e. The van der Waals surface area contributed by atoms with Crippen molar-refractivity contribution >= 4 is 12.0 Å². The van der Waals surface area contributed by atoms with Crippen molar-refractivity contribution in [2.24, 2.45) is 5.92 Å². The van der Waals surface area contributed by atoms with Gasteiger partial charge in [0, 0.05) is 12.6 Å². The van der Waals surface area contributed by atoms with Crippen molar-refractivity contribution in [2.75, 3.05) is 13.2 Å². The highest BCUT2D eigenvalue weighted by molar-refractivity contribution is 5.83. The number of carbonyl (C=O) groups excluding carboxylic acids is 1. The predicted octanol–water partition coefficient (Wildman–Crippen LogP) is 1.43. The second-order valence-corrected chi connectivity index (χ2v) is 5.51. The second kappa shape index (κ2) is 8.09. The van der Waals surface area contributed by atoms with Crippen LogP contribution >= 0.6 is 0 Å². The number of carboxylic acid groups (broad SMARTS) is 1. The normalized spacial score (nSPS) is 18.6. The van der Waals surface area contributed by atoms with Crippen molar-refractivity contribution in [2.45, 2.75) is 58.0 Å². The van der Waals surface area contributed by atoms with Crippen LogP contribution in [0, 0.1) is 5.92 Å². The Kier molecular flexibility index (Phi) is 6.78. The van der Waals surface area contributed by atoms with E-state index in [9.17, 15) is 14.7 Å². The van der Waals surface area contributed by atoms with Crippen molar-refractivity contribution in [3.8, 4) is 0 Å². The number of nitrogens with zero attached hydrogens (tertiary/aromatic N) is 1. The lowest BCUT2D eigenvalue weighted by Crippen LogP contribution is -2.53. The molecule has 0 aromatic heterocycles. The molecule has 0 aliphatic heterocycles. The first-order valence-corrected chi connectivity index (χ1v) is 7.42. The molecule has 1 aliphatic rings. The Morgan fingerprint density at radius 1 is 1.35 bits per heavy atom. The van der Waals surface area contributed by atoms with E-state index in [0.29, 0.717) is 6.42 Å². The molecular weight excluding hydrogens is 260 g/mol. The number of carboxylic acids is 1. The highest BCUT2D eigenvalue weighted by Crippen LogP contribution is 2.23. The van der Waals surface area contributed by atoms with E-state index < -0.39 is 12.0 Å². The third-order valence-corrected chi connectivity index (χ3v) is 4.13. The largest absolute Gasteiger partial charge is 0.480 e. The molecule has 0 aromatic rings. The lowest BCUT2D eigenvalue weighted by Gasteiger charge is -2.31. The maximum Gasteiger partial charge on any atom is 0.326 e. The molecule has 1 rings (SSSR count). The Balaban J connectivity index is 2.70. The van der Waals surface area contributed by atoms with Crippen molar-refractivity contribution < 1.29 is 19.8 Å². The standard InChI is InChI=1S/C14H26N2O4/c1-3-10(2)12(13(18)19)15-14(20)16(8-9-17)11-6-4-5-7-11/h10-12,17H,3-9H2,1-2H3,(H,15,20)(H,18,19). The highest BCUT2D eigenvalue weighted by atomic mass is 16.4. The molecule has 2 amide bonds. The lowest BCUT2D eigenvalue weighted by molar-refractivity contribution is -0.140. The quantitative estimate of drug-likeness (QED) is 0.660. The lowest BCUT2D eigenvalue weighted by atomic mass is 9.99. The summed E-state index contributed by atoms with van der Waals surface area (Å²) in [5.74, 6) is -1.14. The molecule has 2 unspecified atom stereocenters. The minimum atomic E-state index is -1.01. The number of amides is 2. The summed E-state index contributed by atoms with van der Waals surface area (Å²) in [7, 11) is 0. The molecule has 0 bridgehead atoms. The van der Waals surface area contributed by atoms with Crippen molar-refractivity contribution in [1.29, 1.82) is 0 Å². The average Bonchev–Trinajstić information content (AvgIpc) is 2.94. The average molecular weight is 286 g/mol. The van der Waals surface area contributed by atoms with E-state index in [1.54, 1.807) is 4.90 Å². The number of aliphatic hydroxyl groups excluding tert-OH is 1. The van der Waals surface area contributed by atoms with Gasteiger partial charge in [0.05, 0.1) is 6.61 Å². The van der Waals surface area contributed by atoms with Gasteiger partial charge in [-0.15, -0.1) is 0 Å². The summed E-state index contributed by atoms with van der Waals surface area (Å²) in [6.07, 6.45) is 4.69. The van der Waals surface area contributed by atoms with Gasteiger partial charge in [0.15, 0.2) is 0 Å². The molecule has 2 atom stereocenters. The van der Waals surface area contributed by atoms with Crippen LogP contribution in [0.2, 0.25) is 0 Å². The van der Waals surface area contributed by atoms with E-state index >= 15 is 0 Å². The number of aliphatic hydroxyl groups is 1. The number of urea groups is 1. The zero-order chi connectivity index (χ0) is 15.1. The van der Waals surface area contributed by atoms with E-state index in [4.69, 9.17) is 5.11 Å². The van der Waals surface area contributed by atoms with Gasteiger partial charge in [0.2, 0.25) is 0 Å². The highest BCUT2D eigenvalue weighted by Gasteiger charge is 2.31. The van der Waals surface area contributed by atoms with Gasteiger partial charge in [-0.05, 0) is 18.8 Å². The Bertz CT molecular complexity index is 329. The molecule has 0 spiro atoms. The fraction of sp³-hybridized carbons (Fsp3) is 0.857. The van der Waals surface area contributed by atoms with Gasteiger partial charge >= 0.3 is 12.0 Å². The summed E-state index contributed by atoms with van der Waals surface area (Å²) in [5, 5.41) is 20.9. The van der Waals surface area contributed by atoms with E-state index in [0.717, 1.165) is 25.7 Å². The summed E-state index contributed by atoms with van der Waals surface area (Å²) in [6, 6.07) is -1.14. The molecule has 6 nitrogen and oxygen atoms in total. The summed E-state index contributed by atoms with van der Waals surface area (Å²) < 4.78 is 0. The van der Waals surface area contributed by atoms with Crippen LogP contribution in [0.5, 0.6) is 0 Å². The van der Waals surface area contributed by atoms with Crippen LogP contribution in [0.25, 0.3) is 0 Å². The van der Waals surface area contributed by atoms with Crippen LogP contribution < -0.4 is 5.32 Å². The SMILES string of the molecule is CCC(C)C(NC(=O)N(CCO)C1CCCC1)C(=O)O. The van der Waals surface area contributed by atoms with Gasteiger partial charge in [-0.1, -0.05) is 33.1 Å². The van der Waals surface area contributed by atoms with Crippen LogP contribution in [0.4, 0.5) is 4.79 Å². The first-order valence-electron chi connectivity index (χ1n) is 7.42. The molecule has 0 radical (unpaired) electrons. The Morgan fingerprint density at radius 3 is 2.40 bits per heavy atom. The molecule has 3 N–H and O–H groups in total. The molecular formula is C14H26N2O4. The zero-order valence-electron chi connectivity index (χ0n) is 12.3. The van der Waals surface area contributed by atoms with Crippen LogP contribution in [0.15, 0.2) is 0 Å². The summed E-state index contributed by atoms with van der Waals surface area (Å²) >= 11 is 0. The van der Waals surface area contributed by atoms with Crippen molar-refractivity contribution in [3.05, 3.63) is 0 Å². The number of aliphatic carboxylic acids is 1. The molecule has 1 fully saturated rings. The number of carbonyl (C=O) groups is 2. The van der Waals surface area contributed by atoms with Gasteiger partial charge in [-0.2, -0.15) is 0 Å². The molecule has 0 saturated heterocycles. The molecule has 0 heterocycles. The number of nitrogens with one attached hydrogen (secondary N) is 1. The number of hydrogen-bond donors (Lipinski definition) is 3. The van der Waals surface area contributed by atoms with E-state index in [2.05, 4.69) is 5.32 Å². The van der Waals surface area contributed by atoms with E-state index in [-0.39, 0.29) is 31.1 Å². The predicted molar refractivity (Wildman–Crippen MR) is 75.5 cm³/mol. The van der Waals surface area contributed by atoms with Crippen LogP contribution in [0.1, 0.15) is 46.0 Å². The second-order valence-electron chi connectivity index (χ2n) is 5.51. The minimum Gasteiger partial charge on any atom is -0.480 e. The first kappa shape index (κ1) is 16.8. The monoisotopic (exact) mass is 286 g/mol. The number of rotatable bonds is 7. The Morgan fingerprint density at radius 2 is 1.95 bits per heavy atom. The fourth-order valence-electron chi connectivity index (χ4n) is 2.67. The maximum absolute atomic E-state index is 12.3. The third kappa shape index (κ3) is 4.37. The van der Waals surface area contributed by atoms with Gasteiger partial charge in [-0.25, -0.2) is 9.59 Å². The first-order chi connectivity index (χ1) is 9.51. The Hall–Kier alpha value is -1.30. The zero-order valence-corrected chi connectivity index (χ0v) is 12.3. The van der Waals surface area contributed by atoms with Gasteiger partial charge in [0.1, 0.15) is 6.04 Å². The fourth-order valence-corrected chi connectivity index (χ4v) is 2.67. The molecule has 1 aliphatic carbocycles. The van der Waals surface area contributed by atoms with Gasteiger partial charge in [-0.3, -0.25) is 0 Å². The molecule has 20 heavy (non-hydrogen) atoms. The molecule has 0 aromatic carbocycles.